The van der Waals surface area contributed by atoms with Gasteiger partial charge in [0.2, 0.25) is 5.91 Å². The first-order chi connectivity index (χ1) is 10.00. The van der Waals surface area contributed by atoms with Gasteiger partial charge in [0.15, 0.2) is 0 Å². The maximum atomic E-state index is 13.0. The number of nitrogens with zero attached hydrogens (tertiary/aromatic N) is 2. The molecule has 2 aliphatic rings. The van der Waals surface area contributed by atoms with E-state index in [9.17, 15) is 4.79 Å². The number of amides is 1. The van der Waals surface area contributed by atoms with E-state index in [0.717, 1.165) is 45.4 Å². The van der Waals surface area contributed by atoms with Gasteiger partial charge in [-0.3, -0.25) is 4.79 Å². The summed E-state index contributed by atoms with van der Waals surface area (Å²) in [6.45, 7) is 8.85. The van der Waals surface area contributed by atoms with Gasteiger partial charge in [-0.1, -0.05) is 0 Å². The smallest absolute Gasteiger partial charge is 0.232 e. The highest BCUT2D eigenvalue weighted by molar-refractivity contribution is 5.83. The molecule has 2 aliphatic heterocycles. The highest BCUT2D eigenvalue weighted by Gasteiger charge is 2.44. The van der Waals surface area contributed by atoms with Gasteiger partial charge in [-0.25, -0.2) is 0 Å². The normalized spacial score (nSPS) is 28.2. The molecule has 1 unspecified atom stereocenters. The van der Waals surface area contributed by atoms with Crippen molar-refractivity contribution in [3.8, 4) is 0 Å². The Kier molecular flexibility index (Phi) is 5.63. The number of nitrogens with one attached hydrogen (secondary N) is 1. The largest absolute Gasteiger partial charge is 0.384 e. The lowest BCUT2D eigenvalue weighted by Crippen LogP contribution is -2.53. The van der Waals surface area contributed by atoms with E-state index < -0.39 is 0 Å². The van der Waals surface area contributed by atoms with E-state index in [4.69, 9.17) is 4.74 Å². The van der Waals surface area contributed by atoms with Gasteiger partial charge in [0.05, 0.1) is 12.0 Å². The molecule has 0 aromatic heterocycles. The van der Waals surface area contributed by atoms with Crippen molar-refractivity contribution in [1.29, 1.82) is 0 Å². The number of hydrogen-bond acceptors (Lipinski definition) is 4. The van der Waals surface area contributed by atoms with Crippen molar-refractivity contribution < 1.29 is 9.53 Å². The predicted octanol–water partition coefficient (Wildman–Crippen LogP) is 0.944. The van der Waals surface area contributed by atoms with E-state index in [0.29, 0.717) is 18.7 Å². The maximum Gasteiger partial charge on any atom is 0.232 e. The lowest BCUT2D eigenvalue weighted by Gasteiger charge is -2.41. The molecular formula is C16H31N3O2. The summed E-state index contributed by atoms with van der Waals surface area (Å²) in [5.74, 6) is 0.261. The third-order valence-corrected chi connectivity index (χ3v) is 5.22. The van der Waals surface area contributed by atoms with E-state index in [1.165, 1.54) is 0 Å². The van der Waals surface area contributed by atoms with Crippen molar-refractivity contribution in [2.45, 2.75) is 45.2 Å². The molecule has 2 heterocycles. The first-order valence-corrected chi connectivity index (χ1v) is 8.21. The Hall–Kier alpha value is -0.650. The highest BCUT2D eigenvalue weighted by atomic mass is 16.5. The van der Waals surface area contributed by atoms with E-state index in [2.05, 4.69) is 24.1 Å². The fourth-order valence-electron chi connectivity index (χ4n) is 3.72. The van der Waals surface area contributed by atoms with Crippen LogP contribution in [-0.2, 0) is 9.53 Å². The molecule has 0 aromatic rings. The van der Waals surface area contributed by atoms with Crippen LogP contribution in [0.1, 0.15) is 33.1 Å². The summed E-state index contributed by atoms with van der Waals surface area (Å²) in [6, 6.07) is 0.979. The van der Waals surface area contributed by atoms with Gasteiger partial charge < -0.3 is 19.9 Å². The molecule has 1 atom stereocenters. The zero-order valence-electron chi connectivity index (χ0n) is 14.0. The summed E-state index contributed by atoms with van der Waals surface area (Å²) in [6.07, 6.45) is 3.04. The van der Waals surface area contributed by atoms with Crippen molar-refractivity contribution in [3.63, 3.8) is 0 Å². The number of carbonyl (C=O) groups excluding carboxylic acids is 1. The first-order valence-electron chi connectivity index (χ1n) is 8.21. The molecule has 0 aliphatic carbocycles. The second-order valence-corrected chi connectivity index (χ2v) is 6.92. The van der Waals surface area contributed by atoms with Crippen LogP contribution in [0.15, 0.2) is 0 Å². The van der Waals surface area contributed by atoms with Gasteiger partial charge in [0, 0.05) is 45.9 Å². The molecule has 0 saturated carbocycles. The van der Waals surface area contributed by atoms with Crippen LogP contribution in [0.2, 0.25) is 0 Å². The van der Waals surface area contributed by atoms with Crippen LogP contribution in [0.25, 0.3) is 0 Å². The van der Waals surface area contributed by atoms with Crippen molar-refractivity contribution in [2.75, 3.05) is 46.9 Å². The van der Waals surface area contributed by atoms with Gasteiger partial charge >= 0.3 is 0 Å². The Morgan fingerprint density at radius 1 is 1.43 bits per heavy atom. The SMILES string of the molecule is COCC1(C(=O)N(C)C2CCN(C(C)C)CC2)CCNC1. The Balaban J connectivity index is 1.96. The third-order valence-electron chi connectivity index (χ3n) is 5.22. The quantitative estimate of drug-likeness (QED) is 0.820. The first kappa shape index (κ1) is 16.7. The van der Waals surface area contributed by atoms with E-state index in [1.807, 2.05) is 11.9 Å². The number of rotatable bonds is 5. The van der Waals surface area contributed by atoms with Crippen LogP contribution in [0.3, 0.4) is 0 Å². The minimum absolute atomic E-state index is 0.261. The van der Waals surface area contributed by atoms with Crippen LogP contribution < -0.4 is 5.32 Å². The summed E-state index contributed by atoms with van der Waals surface area (Å²) in [5.41, 5.74) is -0.349. The number of hydrogen-bond donors (Lipinski definition) is 1. The molecule has 122 valence electrons. The number of ether oxygens (including phenoxy) is 1. The molecule has 0 spiro atoms. The average Bonchev–Trinajstić information content (AvgIpc) is 2.96. The average molecular weight is 297 g/mol. The molecule has 5 nitrogen and oxygen atoms in total. The van der Waals surface area contributed by atoms with E-state index in [-0.39, 0.29) is 11.3 Å². The molecular weight excluding hydrogens is 266 g/mol. The number of piperidine rings is 1. The van der Waals surface area contributed by atoms with Crippen LogP contribution in [-0.4, -0.2) is 74.7 Å². The summed E-state index contributed by atoms with van der Waals surface area (Å²) in [5, 5.41) is 3.32. The molecule has 2 rings (SSSR count). The number of likely N-dealkylation sites (tertiary alicyclic amines) is 1. The molecule has 1 amide bonds. The Morgan fingerprint density at radius 3 is 2.57 bits per heavy atom. The lowest BCUT2D eigenvalue weighted by molar-refractivity contribution is -0.146. The summed E-state index contributed by atoms with van der Waals surface area (Å²) in [7, 11) is 3.67. The van der Waals surface area contributed by atoms with Crippen molar-refractivity contribution in [1.82, 2.24) is 15.1 Å². The second kappa shape index (κ2) is 7.07. The van der Waals surface area contributed by atoms with Gasteiger partial charge in [0.1, 0.15) is 0 Å². The monoisotopic (exact) mass is 297 g/mol. The van der Waals surface area contributed by atoms with Crippen molar-refractivity contribution >= 4 is 5.91 Å². The van der Waals surface area contributed by atoms with Gasteiger partial charge in [0.25, 0.3) is 0 Å². The van der Waals surface area contributed by atoms with Crippen LogP contribution in [0.4, 0.5) is 0 Å². The molecule has 2 saturated heterocycles. The fraction of sp³-hybridized carbons (Fsp3) is 0.938. The standard InChI is InChI=1S/C16H31N3O2/c1-13(2)19-9-5-14(6-10-19)18(3)15(20)16(12-21-4)7-8-17-11-16/h13-14,17H,5-12H2,1-4H3. The Bertz CT molecular complexity index is 345. The molecule has 0 aromatic carbocycles. The van der Waals surface area contributed by atoms with Gasteiger partial charge in [-0.2, -0.15) is 0 Å². The molecule has 2 fully saturated rings. The van der Waals surface area contributed by atoms with Gasteiger partial charge in [-0.05, 0) is 39.7 Å². The number of methoxy groups -OCH3 is 1. The molecule has 21 heavy (non-hydrogen) atoms. The minimum Gasteiger partial charge on any atom is -0.384 e. The molecule has 1 N–H and O–H groups in total. The highest BCUT2D eigenvalue weighted by Crippen LogP contribution is 2.30. The molecule has 0 bridgehead atoms. The topological polar surface area (TPSA) is 44.8 Å². The van der Waals surface area contributed by atoms with Crippen LogP contribution in [0.5, 0.6) is 0 Å². The Morgan fingerprint density at radius 2 is 2.10 bits per heavy atom. The summed E-state index contributed by atoms with van der Waals surface area (Å²) < 4.78 is 5.34. The Labute approximate surface area is 129 Å². The predicted molar refractivity (Wildman–Crippen MR) is 84.3 cm³/mol. The summed E-state index contributed by atoms with van der Waals surface area (Å²) in [4.78, 5) is 17.5. The summed E-state index contributed by atoms with van der Waals surface area (Å²) >= 11 is 0. The third kappa shape index (κ3) is 3.58. The van der Waals surface area contributed by atoms with Crippen LogP contribution in [0, 0.1) is 5.41 Å². The zero-order valence-corrected chi connectivity index (χ0v) is 14.0. The van der Waals surface area contributed by atoms with Crippen LogP contribution >= 0.6 is 0 Å². The minimum atomic E-state index is -0.349. The molecule has 0 radical (unpaired) electrons. The fourth-order valence-corrected chi connectivity index (χ4v) is 3.72. The zero-order chi connectivity index (χ0) is 15.5. The van der Waals surface area contributed by atoms with E-state index >= 15 is 0 Å². The lowest BCUT2D eigenvalue weighted by atomic mass is 9.85. The molecule has 5 heteroatoms. The maximum absolute atomic E-state index is 13.0. The van der Waals surface area contributed by atoms with E-state index in [1.54, 1.807) is 7.11 Å². The van der Waals surface area contributed by atoms with Crippen molar-refractivity contribution in [3.05, 3.63) is 0 Å². The van der Waals surface area contributed by atoms with Crippen molar-refractivity contribution in [2.24, 2.45) is 5.41 Å². The van der Waals surface area contributed by atoms with Gasteiger partial charge in [-0.15, -0.1) is 0 Å². The second-order valence-electron chi connectivity index (χ2n) is 6.92. The number of carbonyl (C=O) groups is 1.